The van der Waals surface area contributed by atoms with Crippen molar-refractivity contribution in [2.45, 2.75) is 25.9 Å². The van der Waals surface area contributed by atoms with Gasteiger partial charge in [-0.25, -0.2) is 0 Å². The second-order valence-corrected chi connectivity index (χ2v) is 3.96. The molecule has 0 aliphatic carbocycles. The van der Waals surface area contributed by atoms with Gasteiger partial charge < -0.3 is 25.2 Å². The lowest BCUT2D eigenvalue weighted by Crippen LogP contribution is -2.24. The van der Waals surface area contributed by atoms with Gasteiger partial charge in [-0.2, -0.15) is 0 Å². The van der Waals surface area contributed by atoms with Gasteiger partial charge in [-0.3, -0.25) is 0 Å². The Hall–Kier alpha value is -2.11. The van der Waals surface area contributed by atoms with Crippen LogP contribution in [0.15, 0.2) is 23.4 Å². The number of hydrogen-bond acceptors (Lipinski definition) is 5. The van der Waals surface area contributed by atoms with E-state index in [1.165, 1.54) is 0 Å². The van der Waals surface area contributed by atoms with Crippen LogP contribution in [0.2, 0.25) is 0 Å². The highest BCUT2D eigenvalue weighted by Gasteiger charge is 2.16. The molecule has 0 saturated carbocycles. The van der Waals surface area contributed by atoms with Crippen LogP contribution in [0.25, 0.3) is 0 Å². The molecule has 1 aromatic carbocycles. The fourth-order valence-corrected chi connectivity index (χ4v) is 1.69. The number of oxime groups is 1. The summed E-state index contributed by atoms with van der Waals surface area (Å²) in [4.78, 5) is 0. The molecule has 0 amide bonds. The third-order valence-corrected chi connectivity index (χ3v) is 2.67. The van der Waals surface area contributed by atoms with Crippen molar-refractivity contribution in [1.29, 1.82) is 0 Å². The van der Waals surface area contributed by atoms with Gasteiger partial charge in [0.15, 0.2) is 11.5 Å². The zero-order valence-electron chi connectivity index (χ0n) is 10.1. The number of nitrogens with two attached hydrogens (primary N) is 1. The predicted molar refractivity (Wildman–Crippen MR) is 65.3 cm³/mol. The van der Waals surface area contributed by atoms with Crippen LogP contribution in [0.3, 0.4) is 0 Å². The van der Waals surface area contributed by atoms with Crippen LogP contribution in [0.4, 0.5) is 0 Å². The molecular formula is C12H16N2O4. The van der Waals surface area contributed by atoms with E-state index in [0.29, 0.717) is 23.7 Å². The summed E-state index contributed by atoms with van der Waals surface area (Å²) in [5, 5.41) is 11.5. The minimum absolute atomic E-state index is 0.138. The van der Waals surface area contributed by atoms with Crippen molar-refractivity contribution >= 4 is 5.84 Å². The van der Waals surface area contributed by atoms with Gasteiger partial charge in [0.05, 0.1) is 0 Å². The minimum Gasteiger partial charge on any atom is -0.490 e. The highest BCUT2D eigenvalue weighted by Crippen LogP contribution is 2.35. The second-order valence-electron chi connectivity index (χ2n) is 3.96. The van der Waals surface area contributed by atoms with Crippen LogP contribution in [-0.4, -0.2) is 23.9 Å². The summed E-state index contributed by atoms with van der Waals surface area (Å²) in [6.45, 7) is 2.21. The minimum atomic E-state index is -0.138. The lowest BCUT2D eigenvalue weighted by atomic mass is 10.2. The first-order valence-corrected chi connectivity index (χ1v) is 5.75. The molecule has 3 N–H and O–H groups in total. The second kappa shape index (κ2) is 5.48. The van der Waals surface area contributed by atoms with Crippen molar-refractivity contribution in [2.75, 3.05) is 6.79 Å². The molecule has 0 saturated heterocycles. The van der Waals surface area contributed by atoms with Gasteiger partial charge in [0.25, 0.3) is 0 Å². The van der Waals surface area contributed by atoms with Crippen molar-refractivity contribution in [3.8, 4) is 17.2 Å². The maximum atomic E-state index is 8.54. The van der Waals surface area contributed by atoms with Gasteiger partial charge in [-0.15, -0.1) is 0 Å². The Morgan fingerprint density at radius 2 is 2.28 bits per heavy atom. The standard InChI is InChI=1S/C12H16N2O4/c1-2-8(6-12(13)14-15)18-9-3-4-10-11(5-9)17-7-16-10/h3-5,8,15H,2,6-7H2,1H3,(H2,13,14). The van der Waals surface area contributed by atoms with Crippen LogP contribution in [0.1, 0.15) is 19.8 Å². The van der Waals surface area contributed by atoms with Gasteiger partial charge in [0.1, 0.15) is 17.7 Å². The van der Waals surface area contributed by atoms with Gasteiger partial charge in [-0.05, 0) is 18.6 Å². The Morgan fingerprint density at radius 1 is 1.50 bits per heavy atom. The van der Waals surface area contributed by atoms with Gasteiger partial charge in [0.2, 0.25) is 6.79 Å². The summed E-state index contributed by atoms with van der Waals surface area (Å²) in [5.41, 5.74) is 5.47. The summed E-state index contributed by atoms with van der Waals surface area (Å²) < 4.78 is 16.2. The molecular weight excluding hydrogens is 236 g/mol. The van der Waals surface area contributed by atoms with E-state index in [2.05, 4.69) is 5.16 Å². The van der Waals surface area contributed by atoms with Crippen LogP contribution < -0.4 is 19.9 Å². The van der Waals surface area contributed by atoms with E-state index in [1.807, 2.05) is 13.0 Å². The molecule has 1 atom stereocenters. The molecule has 98 valence electrons. The molecule has 6 nitrogen and oxygen atoms in total. The summed E-state index contributed by atoms with van der Waals surface area (Å²) in [6.07, 6.45) is 0.993. The number of hydrogen-bond donors (Lipinski definition) is 2. The van der Waals surface area contributed by atoms with E-state index in [0.717, 1.165) is 6.42 Å². The molecule has 0 bridgehead atoms. The van der Waals surface area contributed by atoms with Gasteiger partial charge >= 0.3 is 0 Å². The third kappa shape index (κ3) is 2.77. The summed E-state index contributed by atoms with van der Waals surface area (Å²) in [5.74, 6) is 2.22. The molecule has 6 heteroatoms. The first-order valence-electron chi connectivity index (χ1n) is 5.75. The summed E-state index contributed by atoms with van der Waals surface area (Å²) in [7, 11) is 0. The molecule has 0 spiro atoms. The molecule has 1 aromatic rings. The summed E-state index contributed by atoms with van der Waals surface area (Å²) in [6, 6.07) is 5.38. The zero-order valence-corrected chi connectivity index (χ0v) is 10.1. The largest absolute Gasteiger partial charge is 0.490 e. The highest BCUT2D eigenvalue weighted by atomic mass is 16.7. The van der Waals surface area contributed by atoms with Crippen LogP contribution >= 0.6 is 0 Å². The van der Waals surface area contributed by atoms with Crippen molar-refractivity contribution in [3.05, 3.63) is 18.2 Å². The number of rotatable bonds is 5. The molecule has 1 unspecified atom stereocenters. The SMILES string of the molecule is CCC(C/C(N)=N/O)Oc1ccc2c(c1)OCO2. The normalized spacial score (nSPS) is 15.5. The number of nitrogens with zero attached hydrogens (tertiary/aromatic N) is 1. The van der Waals surface area contributed by atoms with Crippen molar-refractivity contribution in [2.24, 2.45) is 10.9 Å². The number of benzene rings is 1. The average molecular weight is 252 g/mol. The smallest absolute Gasteiger partial charge is 0.231 e. The highest BCUT2D eigenvalue weighted by molar-refractivity contribution is 5.80. The molecule has 2 rings (SSSR count). The zero-order chi connectivity index (χ0) is 13.0. The van der Waals surface area contributed by atoms with E-state index in [4.69, 9.17) is 25.2 Å². The van der Waals surface area contributed by atoms with Crippen molar-refractivity contribution in [3.63, 3.8) is 0 Å². The Bertz CT molecular complexity index is 448. The van der Waals surface area contributed by atoms with E-state index in [-0.39, 0.29) is 18.7 Å². The monoisotopic (exact) mass is 252 g/mol. The Kier molecular flexibility index (Phi) is 3.76. The average Bonchev–Trinajstić information content (AvgIpc) is 2.85. The Labute approximate surface area is 105 Å². The van der Waals surface area contributed by atoms with E-state index in [1.54, 1.807) is 12.1 Å². The Morgan fingerprint density at radius 3 is 3.00 bits per heavy atom. The molecule has 1 heterocycles. The Balaban J connectivity index is 2.03. The lowest BCUT2D eigenvalue weighted by Gasteiger charge is -2.17. The van der Waals surface area contributed by atoms with Crippen molar-refractivity contribution < 1.29 is 19.4 Å². The van der Waals surface area contributed by atoms with Crippen molar-refractivity contribution in [1.82, 2.24) is 0 Å². The third-order valence-electron chi connectivity index (χ3n) is 2.67. The predicted octanol–water partition coefficient (Wildman–Crippen LogP) is 1.71. The first-order chi connectivity index (χ1) is 8.72. The lowest BCUT2D eigenvalue weighted by molar-refractivity contribution is 0.173. The fraction of sp³-hybridized carbons (Fsp3) is 0.417. The van der Waals surface area contributed by atoms with Crippen LogP contribution in [0, 0.1) is 0 Å². The maximum Gasteiger partial charge on any atom is 0.231 e. The number of ether oxygens (including phenoxy) is 3. The van der Waals surface area contributed by atoms with Crippen LogP contribution in [-0.2, 0) is 0 Å². The maximum absolute atomic E-state index is 8.54. The fourth-order valence-electron chi connectivity index (χ4n) is 1.69. The topological polar surface area (TPSA) is 86.3 Å². The molecule has 1 aliphatic heterocycles. The van der Waals surface area contributed by atoms with E-state index >= 15 is 0 Å². The molecule has 0 fully saturated rings. The van der Waals surface area contributed by atoms with Gasteiger partial charge in [-0.1, -0.05) is 12.1 Å². The van der Waals surface area contributed by atoms with E-state index in [9.17, 15) is 0 Å². The van der Waals surface area contributed by atoms with E-state index < -0.39 is 0 Å². The van der Waals surface area contributed by atoms with Gasteiger partial charge in [0, 0.05) is 12.5 Å². The van der Waals surface area contributed by atoms with Crippen LogP contribution in [0.5, 0.6) is 17.2 Å². The molecule has 0 aromatic heterocycles. The molecule has 1 aliphatic rings. The number of fused-ring (bicyclic) bond motifs is 1. The first kappa shape index (κ1) is 12.3. The quantitative estimate of drug-likeness (QED) is 0.360. The number of amidine groups is 1. The molecule has 18 heavy (non-hydrogen) atoms. The molecule has 0 radical (unpaired) electrons. The summed E-state index contributed by atoms with van der Waals surface area (Å²) >= 11 is 0.